The Hall–Kier alpha value is -1.29. The van der Waals surface area contributed by atoms with Crippen LogP contribution in [0.4, 0.5) is 0 Å². The van der Waals surface area contributed by atoms with Gasteiger partial charge in [0.25, 0.3) is 0 Å². The molecule has 1 aromatic rings. The second kappa shape index (κ2) is 3.46. The summed E-state index contributed by atoms with van der Waals surface area (Å²) in [5.41, 5.74) is -0.0509. The molecule has 0 amide bonds. The minimum Gasteiger partial charge on any atom is -0.489 e. The van der Waals surface area contributed by atoms with Gasteiger partial charge in [-0.25, -0.2) is 9.78 Å². The molecule has 1 aliphatic carbocycles. The monoisotopic (exact) mass is 213 g/mol. The van der Waals surface area contributed by atoms with E-state index in [1.165, 1.54) is 12.3 Å². The maximum atomic E-state index is 10.6. The Kier molecular flexibility index (Phi) is 2.29. The fourth-order valence-electron chi connectivity index (χ4n) is 0.993. The standard InChI is InChI=1S/C9H8ClNO3/c10-6-4-11-7(9(12)13)3-8(6)14-5-1-2-5/h3-5H,1-2H2,(H,12,13). The lowest BCUT2D eigenvalue weighted by molar-refractivity contribution is 0.0690. The largest absolute Gasteiger partial charge is 0.489 e. The first kappa shape index (κ1) is 9.27. The Morgan fingerprint density at radius 1 is 1.64 bits per heavy atom. The van der Waals surface area contributed by atoms with Gasteiger partial charge in [-0.2, -0.15) is 0 Å². The van der Waals surface area contributed by atoms with Crippen LogP contribution in [0.2, 0.25) is 5.02 Å². The van der Waals surface area contributed by atoms with Gasteiger partial charge in [0.1, 0.15) is 10.8 Å². The van der Waals surface area contributed by atoms with Crippen molar-refractivity contribution in [1.82, 2.24) is 4.98 Å². The van der Waals surface area contributed by atoms with Crippen LogP contribution in [0, 0.1) is 0 Å². The zero-order valence-electron chi connectivity index (χ0n) is 7.24. The van der Waals surface area contributed by atoms with E-state index < -0.39 is 5.97 Å². The normalized spacial score (nSPS) is 15.2. The number of halogens is 1. The first-order valence-corrected chi connectivity index (χ1v) is 4.60. The van der Waals surface area contributed by atoms with Crippen molar-refractivity contribution < 1.29 is 14.6 Å². The van der Waals surface area contributed by atoms with E-state index >= 15 is 0 Å². The smallest absolute Gasteiger partial charge is 0.354 e. The number of ether oxygens (including phenoxy) is 1. The van der Waals surface area contributed by atoms with E-state index in [2.05, 4.69) is 4.98 Å². The van der Waals surface area contributed by atoms with E-state index in [0.717, 1.165) is 12.8 Å². The van der Waals surface area contributed by atoms with Crippen LogP contribution in [0.5, 0.6) is 5.75 Å². The predicted octanol–water partition coefficient (Wildman–Crippen LogP) is 1.97. The number of hydrogen-bond donors (Lipinski definition) is 1. The minimum absolute atomic E-state index is 0.0509. The molecule has 1 N–H and O–H groups in total. The van der Waals surface area contributed by atoms with E-state index in [9.17, 15) is 4.79 Å². The molecule has 14 heavy (non-hydrogen) atoms. The summed E-state index contributed by atoms with van der Waals surface area (Å²) in [5, 5.41) is 9.04. The zero-order valence-corrected chi connectivity index (χ0v) is 7.99. The molecule has 0 unspecified atom stereocenters. The highest BCUT2D eigenvalue weighted by atomic mass is 35.5. The highest BCUT2D eigenvalue weighted by Crippen LogP contribution is 2.31. The molecule has 1 aromatic heterocycles. The Bertz CT molecular complexity index is 376. The second-order valence-corrected chi connectivity index (χ2v) is 3.53. The molecule has 74 valence electrons. The van der Waals surface area contributed by atoms with E-state index in [-0.39, 0.29) is 11.8 Å². The van der Waals surface area contributed by atoms with Crippen LogP contribution in [0.1, 0.15) is 23.3 Å². The van der Waals surface area contributed by atoms with Gasteiger partial charge in [-0.3, -0.25) is 0 Å². The molecular formula is C9H8ClNO3. The fraction of sp³-hybridized carbons (Fsp3) is 0.333. The van der Waals surface area contributed by atoms with Crippen LogP contribution < -0.4 is 4.74 Å². The van der Waals surface area contributed by atoms with Crippen LogP contribution in [-0.4, -0.2) is 22.2 Å². The average molecular weight is 214 g/mol. The summed E-state index contributed by atoms with van der Waals surface area (Å²) in [6.45, 7) is 0. The molecule has 0 spiro atoms. The number of carbonyl (C=O) groups is 1. The van der Waals surface area contributed by atoms with Crippen molar-refractivity contribution >= 4 is 17.6 Å². The molecule has 0 radical (unpaired) electrons. The second-order valence-electron chi connectivity index (χ2n) is 3.12. The topological polar surface area (TPSA) is 59.4 Å². The van der Waals surface area contributed by atoms with Gasteiger partial charge in [0.15, 0.2) is 5.69 Å². The summed E-state index contributed by atoms with van der Waals surface area (Å²) in [5.74, 6) is -0.677. The van der Waals surface area contributed by atoms with Crippen molar-refractivity contribution in [3.8, 4) is 5.75 Å². The quantitative estimate of drug-likeness (QED) is 0.834. The van der Waals surface area contributed by atoms with Gasteiger partial charge in [0.05, 0.1) is 12.3 Å². The molecule has 1 aliphatic rings. The highest BCUT2D eigenvalue weighted by Gasteiger charge is 2.25. The van der Waals surface area contributed by atoms with E-state index in [0.29, 0.717) is 10.8 Å². The summed E-state index contributed by atoms with van der Waals surface area (Å²) in [4.78, 5) is 14.3. The highest BCUT2D eigenvalue weighted by molar-refractivity contribution is 6.32. The van der Waals surface area contributed by atoms with Crippen molar-refractivity contribution in [1.29, 1.82) is 0 Å². The third kappa shape index (κ3) is 1.96. The van der Waals surface area contributed by atoms with Gasteiger partial charge in [-0.1, -0.05) is 11.6 Å². The third-order valence-electron chi connectivity index (χ3n) is 1.86. The first-order chi connectivity index (χ1) is 6.66. The Labute approximate surface area is 85.5 Å². The van der Waals surface area contributed by atoms with Gasteiger partial charge in [-0.15, -0.1) is 0 Å². The molecule has 1 saturated carbocycles. The number of carboxylic acids is 1. The van der Waals surface area contributed by atoms with Gasteiger partial charge in [0.2, 0.25) is 0 Å². The van der Waals surface area contributed by atoms with Crippen LogP contribution in [-0.2, 0) is 0 Å². The molecular weight excluding hydrogens is 206 g/mol. The Balaban J connectivity index is 2.26. The van der Waals surface area contributed by atoms with E-state index in [1.807, 2.05) is 0 Å². The number of nitrogens with zero attached hydrogens (tertiary/aromatic N) is 1. The van der Waals surface area contributed by atoms with Crippen molar-refractivity contribution in [3.05, 3.63) is 23.0 Å². The molecule has 4 nitrogen and oxygen atoms in total. The van der Waals surface area contributed by atoms with E-state index in [1.54, 1.807) is 0 Å². The van der Waals surface area contributed by atoms with Crippen molar-refractivity contribution in [2.45, 2.75) is 18.9 Å². The van der Waals surface area contributed by atoms with Crippen LogP contribution in [0.15, 0.2) is 12.3 Å². The summed E-state index contributed by atoms with van der Waals surface area (Å²) < 4.78 is 5.41. The lowest BCUT2D eigenvalue weighted by Gasteiger charge is -2.06. The van der Waals surface area contributed by atoms with Gasteiger partial charge < -0.3 is 9.84 Å². The molecule has 0 bridgehead atoms. The molecule has 0 aliphatic heterocycles. The van der Waals surface area contributed by atoms with Gasteiger partial charge in [0, 0.05) is 6.07 Å². The Morgan fingerprint density at radius 2 is 2.36 bits per heavy atom. The van der Waals surface area contributed by atoms with Crippen molar-refractivity contribution in [2.75, 3.05) is 0 Å². The van der Waals surface area contributed by atoms with Crippen LogP contribution in [0.25, 0.3) is 0 Å². The third-order valence-corrected chi connectivity index (χ3v) is 2.14. The average Bonchev–Trinajstić information content (AvgIpc) is 2.92. The van der Waals surface area contributed by atoms with Crippen molar-refractivity contribution in [3.63, 3.8) is 0 Å². The fourth-order valence-corrected chi connectivity index (χ4v) is 1.14. The number of aromatic carboxylic acids is 1. The predicted molar refractivity (Wildman–Crippen MR) is 49.9 cm³/mol. The molecule has 1 heterocycles. The molecule has 5 heteroatoms. The number of hydrogen-bond acceptors (Lipinski definition) is 3. The summed E-state index contributed by atoms with van der Waals surface area (Å²) in [6, 6.07) is 1.35. The molecule has 1 fully saturated rings. The number of rotatable bonds is 3. The molecule has 0 saturated heterocycles. The van der Waals surface area contributed by atoms with Crippen molar-refractivity contribution in [2.24, 2.45) is 0 Å². The lowest BCUT2D eigenvalue weighted by atomic mass is 10.3. The molecule has 2 rings (SSSR count). The van der Waals surface area contributed by atoms with Crippen LogP contribution in [0.3, 0.4) is 0 Å². The van der Waals surface area contributed by atoms with E-state index in [4.69, 9.17) is 21.4 Å². The number of carboxylic acid groups (broad SMARTS) is 1. The maximum absolute atomic E-state index is 10.6. The maximum Gasteiger partial charge on any atom is 0.354 e. The summed E-state index contributed by atoms with van der Waals surface area (Å²) in [7, 11) is 0. The number of aromatic nitrogens is 1. The lowest BCUT2D eigenvalue weighted by Crippen LogP contribution is -2.03. The van der Waals surface area contributed by atoms with Crippen LogP contribution >= 0.6 is 11.6 Å². The number of pyridine rings is 1. The molecule has 0 aromatic carbocycles. The first-order valence-electron chi connectivity index (χ1n) is 4.22. The summed E-state index contributed by atoms with van der Waals surface area (Å²) in [6.07, 6.45) is 3.49. The van der Waals surface area contributed by atoms with Gasteiger partial charge >= 0.3 is 5.97 Å². The summed E-state index contributed by atoms with van der Waals surface area (Å²) >= 11 is 5.79. The Morgan fingerprint density at radius 3 is 2.93 bits per heavy atom. The molecule has 0 atom stereocenters. The van der Waals surface area contributed by atoms with Gasteiger partial charge in [-0.05, 0) is 12.8 Å². The minimum atomic E-state index is -1.08. The zero-order chi connectivity index (χ0) is 10.1. The SMILES string of the molecule is O=C(O)c1cc(OC2CC2)c(Cl)cn1.